The minimum absolute atomic E-state index is 0.108. The maximum atomic E-state index is 12.3. The fourth-order valence-electron chi connectivity index (χ4n) is 3.02. The first-order valence-electron chi connectivity index (χ1n) is 6.84. The molecular weight excluding hydrogens is 200 g/mol. The van der Waals surface area contributed by atoms with Gasteiger partial charge in [0.2, 0.25) is 5.91 Å². The quantitative estimate of drug-likeness (QED) is 0.787. The highest BCUT2D eigenvalue weighted by Crippen LogP contribution is 2.43. The van der Waals surface area contributed by atoms with Gasteiger partial charge in [-0.25, -0.2) is 0 Å². The molecule has 0 aromatic heterocycles. The Bertz CT molecular complexity index is 294. The zero-order chi connectivity index (χ0) is 11.2. The smallest absolute Gasteiger partial charge is 0.244 e. The van der Waals surface area contributed by atoms with E-state index in [1.807, 2.05) is 0 Å². The molecule has 2 saturated carbocycles. The molecule has 1 unspecified atom stereocenters. The maximum Gasteiger partial charge on any atom is 0.244 e. The number of amides is 1. The van der Waals surface area contributed by atoms with Gasteiger partial charge in [-0.1, -0.05) is 19.8 Å². The Hall–Kier alpha value is -0.570. The fourth-order valence-corrected chi connectivity index (χ4v) is 3.02. The molecule has 2 aliphatic carbocycles. The third kappa shape index (κ3) is 1.56. The Morgan fingerprint density at radius 2 is 2.19 bits per heavy atom. The van der Waals surface area contributed by atoms with Gasteiger partial charge in [-0.3, -0.25) is 10.1 Å². The summed E-state index contributed by atoms with van der Waals surface area (Å²) in [6.45, 7) is 3.21. The van der Waals surface area contributed by atoms with Crippen molar-refractivity contribution in [3.8, 4) is 0 Å². The average Bonchev–Trinajstić information content (AvgIpc) is 2.91. The Morgan fingerprint density at radius 3 is 2.69 bits per heavy atom. The molecule has 90 valence electrons. The largest absolute Gasteiger partial charge is 0.325 e. The molecule has 1 spiro atoms. The summed E-state index contributed by atoms with van der Waals surface area (Å²) in [4.78, 5) is 14.5. The van der Waals surface area contributed by atoms with Crippen molar-refractivity contribution in [3.05, 3.63) is 0 Å². The molecule has 3 rings (SSSR count). The van der Waals surface area contributed by atoms with Gasteiger partial charge < -0.3 is 4.90 Å². The van der Waals surface area contributed by atoms with Crippen LogP contribution in [0.15, 0.2) is 0 Å². The van der Waals surface area contributed by atoms with Crippen molar-refractivity contribution in [3.63, 3.8) is 0 Å². The second-order valence-electron chi connectivity index (χ2n) is 5.79. The highest BCUT2D eigenvalue weighted by molar-refractivity contribution is 5.91. The van der Waals surface area contributed by atoms with Gasteiger partial charge in [0.15, 0.2) is 0 Å². The lowest BCUT2D eigenvalue weighted by Crippen LogP contribution is -2.41. The van der Waals surface area contributed by atoms with Gasteiger partial charge in [-0.15, -0.1) is 0 Å². The predicted molar refractivity (Wildman–Crippen MR) is 62.9 cm³/mol. The fraction of sp³-hybridized carbons (Fsp3) is 0.923. The number of nitrogens with one attached hydrogen (secondary N) is 1. The monoisotopic (exact) mass is 222 g/mol. The van der Waals surface area contributed by atoms with Crippen LogP contribution in [0.2, 0.25) is 0 Å². The molecule has 0 aromatic rings. The maximum absolute atomic E-state index is 12.3. The molecular formula is C13H22N2O. The predicted octanol–water partition coefficient (Wildman–Crippen LogP) is 1.88. The van der Waals surface area contributed by atoms with Gasteiger partial charge in [0.05, 0.1) is 11.7 Å². The zero-order valence-corrected chi connectivity index (χ0v) is 10.2. The second-order valence-corrected chi connectivity index (χ2v) is 5.79. The van der Waals surface area contributed by atoms with Gasteiger partial charge in [0.1, 0.15) is 0 Å². The molecule has 3 heteroatoms. The number of nitrogens with zero attached hydrogens (tertiary/aromatic N) is 1. The van der Waals surface area contributed by atoms with Crippen molar-refractivity contribution in [1.82, 2.24) is 10.2 Å². The molecule has 1 saturated heterocycles. The van der Waals surface area contributed by atoms with Crippen molar-refractivity contribution in [1.29, 1.82) is 0 Å². The van der Waals surface area contributed by atoms with E-state index in [-0.39, 0.29) is 5.54 Å². The Labute approximate surface area is 97.6 Å². The summed E-state index contributed by atoms with van der Waals surface area (Å²) < 4.78 is 0. The molecule has 3 nitrogen and oxygen atoms in total. The van der Waals surface area contributed by atoms with Crippen molar-refractivity contribution in [2.75, 3.05) is 6.54 Å². The van der Waals surface area contributed by atoms with E-state index < -0.39 is 0 Å². The number of hydrogen-bond donors (Lipinski definition) is 1. The van der Waals surface area contributed by atoms with Crippen molar-refractivity contribution >= 4 is 5.91 Å². The summed E-state index contributed by atoms with van der Waals surface area (Å²) in [5.74, 6) is 1.19. The van der Waals surface area contributed by atoms with Gasteiger partial charge in [0, 0.05) is 6.54 Å². The van der Waals surface area contributed by atoms with Crippen molar-refractivity contribution in [2.24, 2.45) is 5.92 Å². The molecule has 3 aliphatic rings. The van der Waals surface area contributed by atoms with E-state index in [0.29, 0.717) is 12.1 Å². The van der Waals surface area contributed by atoms with Gasteiger partial charge >= 0.3 is 0 Å². The molecule has 1 N–H and O–H groups in total. The van der Waals surface area contributed by atoms with Gasteiger partial charge in [-0.2, -0.15) is 0 Å². The van der Waals surface area contributed by atoms with Crippen LogP contribution in [0.5, 0.6) is 0 Å². The molecule has 1 atom stereocenters. The topological polar surface area (TPSA) is 32.3 Å². The lowest BCUT2D eigenvalue weighted by molar-refractivity contribution is -0.131. The summed E-state index contributed by atoms with van der Waals surface area (Å²) in [5.41, 5.74) is -0.108. The van der Waals surface area contributed by atoms with Crippen LogP contribution in [-0.2, 0) is 4.79 Å². The van der Waals surface area contributed by atoms with Gasteiger partial charge in [-0.05, 0) is 38.0 Å². The molecule has 0 radical (unpaired) electrons. The number of rotatable bonds is 4. The Morgan fingerprint density at radius 1 is 1.44 bits per heavy atom. The first kappa shape index (κ1) is 10.6. The summed E-state index contributed by atoms with van der Waals surface area (Å²) in [6, 6.07) is 0. The summed E-state index contributed by atoms with van der Waals surface area (Å²) in [7, 11) is 0. The van der Waals surface area contributed by atoms with Crippen LogP contribution >= 0.6 is 0 Å². The van der Waals surface area contributed by atoms with Crippen LogP contribution < -0.4 is 5.32 Å². The molecule has 16 heavy (non-hydrogen) atoms. The van der Waals surface area contributed by atoms with E-state index in [4.69, 9.17) is 0 Å². The normalized spacial score (nSPS) is 32.2. The van der Waals surface area contributed by atoms with E-state index in [1.54, 1.807) is 0 Å². The molecule has 1 amide bonds. The molecule has 0 aromatic carbocycles. The highest BCUT2D eigenvalue weighted by Gasteiger charge is 2.58. The third-order valence-corrected chi connectivity index (χ3v) is 4.48. The van der Waals surface area contributed by atoms with E-state index in [0.717, 1.165) is 38.1 Å². The van der Waals surface area contributed by atoms with Crippen molar-refractivity contribution < 1.29 is 4.79 Å². The van der Waals surface area contributed by atoms with E-state index in [9.17, 15) is 4.79 Å². The molecule has 3 fully saturated rings. The van der Waals surface area contributed by atoms with Crippen LogP contribution in [0.25, 0.3) is 0 Å². The summed E-state index contributed by atoms with van der Waals surface area (Å²) >= 11 is 0. The minimum atomic E-state index is -0.108. The molecule has 0 bridgehead atoms. The van der Waals surface area contributed by atoms with E-state index in [2.05, 4.69) is 17.1 Å². The molecule has 1 aliphatic heterocycles. The summed E-state index contributed by atoms with van der Waals surface area (Å²) in [6.07, 6.45) is 8.75. The second kappa shape index (κ2) is 3.73. The van der Waals surface area contributed by atoms with Crippen LogP contribution in [-0.4, -0.2) is 29.1 Å². The third-order valence-electron chi connectivity index (χ3n) is 4.48. The SMILES string of the molecule is CCCC1NC2(CC2)C(=O)N1CC1CCC1. The van der Waals surface area contributed by atoms with Crippen LogP contribution in [0.1, 0.15) is 51.9 Å². The van der Waals surface area contributed by atoms with Crippen LogP contribution in [0.4, 0.5) is 0 Å². The number of carbonyl (C=O) groups excluding carboxylic acids is 1. The minimum Gasteiger partial charge on any atom is -0.325 e. The average molecular weight is 222 g/mol. The lowest BCUT2D eigenvalue weighted by Gasteiger charge is -2.33. The standard InChI is InChI=1S/C13H22N2O/c1-2-4-11-14-13(7-8-13)12(16)15(11)9-10-5-3-6-10/h10-11,14H,2-9H2,1H3. The molecule has 1 heterocycles. The van der Waals surface area contributed by atoms with Crippen LogP contribution in [0, 0.1) is 5.92 Å². The first-order chi connectivity index (χ1) is 7.75. The van der Waals surface area contributed by atoms with Crippen LogP contribution in [0.3, 0.4) is 0 Å². The van der Waals surface area contributed by atoms with E-state index >= 15 is 0 Å². The number of carbonyl (C=O) groups is 1. The number of hydrogen-bond acceptors (Lipinski definition) is 2. The van der Waals surface area contributed by atoms with Gasteiger partial charge in [0.25, 0.3) is 0 Å². The first-order valence-corrected chi connectivity index (χ1v) is 6.84. The lowest BCUT2D eigenvalue weighted by atomic mass is 9.85. The van der Waals surface area contributed by atoms with E-state index in [1.165, 1.54) is 19.3 Å². The summed E-state index contributed by atoms with van der Waals surface area (Å²) in [5, 5.41) is 3.57. The highest BCUT2D eigenvalue weighted by atomic mass is 16.2. The Balaban J connectivity index is 1.68. The van der Waals surface area contributed by atoms with Crippen molar-refractivity contribution in [2.45, 2.75) is 63.6 Å². The Kier molecular flexibility index (Phi) is 2.46. The zero-order valence-electron chi connectivity index (χ0n) is 10.2.